The highest BCUT2D eigenvalue weighted by Crippen LogP contribution is 2.45. The molecule has 1 unspecified atom stereocenters. The Morgan fingerprint density at radius 1 is 1.48 bits per heavy atom. The molecule has 1 aromatic carbocycles. The van der Waals surface area contributed by atoms with Gasteiger partial charge in [0.2, 0.25) is 0 Å². The highest BCUT2D eigenvalue weighted by Gasteiger charge is 2.33. The second kappa shape index (κ2) is 5.69. The first-order chi connectivity index (χ1) is 9.91. The van der Waals surface area contributed by atoms with Crippen LogP contribution in [0.2, 0.25) is 0 Å². The van der Waals surface area contributed by atoms with Crippen molar-refractivity contribution in [3.8, 4) is 0 Å². The number of imidazole rings is 1. The molecule has 3 rings (SSSR count). The first-order valence-electron chi connectivity index (χ1n) is 7.33. The van der Waals surface area contributed by atoms with Gasteiger partial charge in [-0.05, 0) is 53.3 Å². The molecular weight excluding hydrogens is 402 g/mol. The highest BCUT2D eigenvalue weighted by atomic mass is 127. The Balaban J connectivity index is 2.14. The van der Waals surface area contributed by atoms with Gasteiger partial charge >= 0.3 is 0 Å². The van der Waals surface area contributed by atoms with E-state index in [1.165, 1.54) is 6.42 Å². The van der Waals surface area contributed by atoms with Crippen molar-refractivity contribution in [1.82, 2.24) is 9.55 Å². The zero-order chi connectivity index (χ0) is 15.2. The van der Waals surface area contributed by atoms with Crippen LogP contribution in [0, 0.1) is 14.8 Å². The van der Waals surface area contributed by atoms with E-state index in [1.807, 2.05) is 28.7 Å². The number of alkyl halides is 1. The minimum absolute atomic E-state index is 0.168. The maximum atomic E-state index is 14.0. The fourth-order valence-electron chi connectivity index (χ4n) is 3.43. The lowest BCUT2D eigenvalue weighted by molar-refractivity contribution is 0.358. The summed E-state index contributed by atoms with van der Waals surface area (Å²) in [5.74, 6) is 1.36. The predicted molar refractivity (Wildman–Crippen MR) is 93.5 cm³/mol. The number of hydrogen-bond donors (Lipinski definition) is 0. The van der Waals surface area contributed by atoms with Crippen molar-refractivity contribution in [3.63, 3.8) is 0 Å². The number of nitrogens with zero attached hydrogens (tertiary/aromatic N) is 2. The molecule has 1 aliphatic rings. The fourth-order valence-corrected chi connectivity index (χ4v) is 4.05. The Labute approximate surface area is 143 Å². The van der Waals surface area contributed by atoms with E-state index in [1.54, 1.807) is 6.07 Å². The number of fused-ring (bicyclic) bond motifs is 1. The Bertz CT molecular complexity index is 680. The SMILES string of the molecule is CC1(C)CCC(n2c(CCCl)nc3cc(I)c(F)cc32)C1. The summed E-state index contributed by atoms with van der Waals surface area (Å²) in [6.07, 6.45) is 4.17. The van der Waals surface area contributed by atoms with Crippen LogP contribution in [-0.4, -0.2) is 15.4 Å². The van der Waals surface area contributed by atoms with Crippen LogP contribution in [0.3, 0.4) is 0 Å². The Morgan fingerprint density at radius 3 is 2.86 bits per heavy atom. The van der Waals surface area contributed by atoms with Crippen LogP contribution in [-0.2, 0) is 6.42 Å². The molecular formula is C16H19ClFIN2. The van der Waals surface area contributed by atoms with Crippen LogP contribution in [0.15, 0.2) is 12.1 Å². The molecule has 0 spiro atoms. The summed E-state index contributed by atoms with van der Waals surface area (Å²) in [6.45, 7) is 4.60. The van der Waals surface area contributed by atoms with Crippen molar-refractivity contribution in [2.45, 2.75) is 45.6 Å². The van der Waals surface area contributed by atoms with E-state index in [2.05, 4.69) is 18.4 Å². The molecule has 0 amide bonds. The van der Waals surface area contributed by atoms with Gasteiger partial charge in [-0.3, -0.25) is 0 Å². The third kappa shape index (κ3) is 2.93. The van der Waals surface area contributed by atoms with Gasteiger partial charge in [0.15, 0.2) is 0 Å². The Morgan fingerprint density at radius 2 is 2.24 bits per heavy atom. The Hall–Kier alpha value is -0.360. The molecule has 0 radical (unpaired) electrons. The average molecular weight is 421 g/mol. The summed E-state index contributed by atoms with van der Waals surface area (Å²) < 4.78 is 16.8. The van der Waals surface area contributed by atoms with Gasteiger partial charge in [-0.1, -0.05) is 13.8 Å². The van der Waals surface area contributed by atoms with E-state index in [-0.39, 0.29) is 5.82 Å². The van der Waals surface area contributed by atoms with E-state index < -0.39 is 0 Å². The maximum absolute atomic E-state index is 14.0. The molecule has 5 heteroatoms. The van der Waals surface area contributed by atoms with E-state index in [0.717, 1.165) is 36.1 Å². The van der Waals surface area contributed by atoms with Crippen molar-refractivity contribution in [2.24, 2.45) is 5.41 Å². The number of aryl methyl sites for hydroxylation is 1. The number of hydrogen-bond acceptors (Lipinski definition) is 1. The third-order valence-corrected chi connectivity index (χ3v) is 5.45. The minimum atomic E-state index is -0.168. The van der Waals surface area contributed by atoms with Crippen molar-refractivity contribution < 1.29 is 4.39 Å². The van der Waals surface area contributed by atoms with E-state index in [4.69, 9.17) is 16.6 Å². The van der Waals surface area contributed by atoms with Gasteiger partial charge < -0.3 is 4.57 Å². The molecule has 0 saturated heterocycles. The summed E-state index contributed by atoms with van der Waals surface area (Å²) in [5.41, 5.74) is 2.14. The lowest BCUT2D eigenvalue weighted by Gasteiger charge is -2.20. The standard InChI is InChI=1S/C16H19ClFIN2/c1-16(2)5-3-10(9-16)21-14-7-11(18)12(19)8-13(14)20-15(21)4-6-17/h7-8,10H,3-6,9H2,1-2H3. The lowest BCUT2D eigenvalue weighted by Crippen LogP contribution is -2.12. The van der Waals surface area contributed by atoms with Gasteiger partial charge in [-0.2, -0.15) is 0 Å². The quantitative estimate of drug-likeness (QED) is 0.486. The summed E-state index contributed by atoms with van der Waals surface area (Å²) in [7, 11) is 0. The zero-order valence-corrected chi connectivity index (χ0v) is 15.2. The number of halogens is 3. The summed E-state index contributed by atoms with van der Waals surface area (Å²) >= 11 is 7.95. The molecule has 21 heavy (non-hydrogen) atoms. The molecule has 1 aromatic heterocycles. The maximum Gasteiger partial charge on any atom is 0.138 e. The van der Waals surface area contributed by atoms with Gasteiger partial charge in [0.25, 0.3) is 0 Å². The molecule has 0 bridgehead atoms. The van der Waals surface area contributed by atoms with Gasteiger partial charge in [-0.15, -0.1) is 11.6 Å². The third-order valence-electron chi connectivity index (χ3n) is 4.43. The van der Waals surface area contributed by atoms with Crippen LogP contribution in [0.4, 0.5) is 4.39 Å². The molecule has 114 valence electrons. The first kappa shape index (κ1) is 15.5. The molecule has 1 saturated carbocycles. The molecule has 1 fully saturated rings. The zero-order valence-electron chi connectivity index (χ0n) is 12.3. The predicted octanol–water partition coefficient (Wildman–Crippen LogP) is 5.31. The summed E-state index contributed by atoms with van der Waals surface area (Å²) in [6, 6.07) is 3.87. The summed E-state index contributed by atoms with van der Waals surface area (Å²) in [5, 5.41) is 0. The second-order valence-electron chi connectivity index (χ2n) is 6.65. The molecule has 0 aliphatic heterocycles. The monoisotopic (exact) mass is 420 g/mol. The van der Waals surface area contributed by atoms with Crippen LogP contribution in [0.5, 0.6) is 0 Å². The van der Waals surface area contributed by atoms with Crippen molar-refractivity contribution in [3.05, 3.63) is 27.3 Å². The topological polar surface area (TPSA) is 17.8 Å². The first-order valence-corrected chi connectivity index (χ1v) is 8.94. The molecule has 1 aliphatic carbocycles. The summed E-state index contributed by atoms with van der Waals surface area (Å²) in [4.78, 5) is 4.70. The lowest BCUT2D eigenvalue weighted by atomic mass is 9.92. The second-order valence-corrected chi connectivity index (χ2v) is 8.19. The molecule has 0 N–H and O–H groups in total. The largest absolute Gasteiger partial charge is 0.325 e. The van der Waals surface area contributed by atoms with Crippen molar-refractivity contribution in [2.75, 3.05) is 5.88 Å². The van der Waals surface area contributed by atoms with Gasteiger partial charge in [-0.25, -0.2) is 9.37 Å². The fraction of sp³-hybridized carbons (Fsp3) is 0.562. The van der Waals surface area contributed by atoms with Crippen molar-refractivity contribution in [1.29, 1.82) is 0 Å². The average Bonchev–Trinajstić information content (AvgIpc) is 2.91. The van der Waals surface area contributed by atoms with E-state index >= 15 is 0 Å². The van der Waals surface area contributed by atoms with E-state index in [0.29, 0.717) is 20.9 Å². The number of aromatic nitrogens is 2. The van der Waals surface area contributed by atoms with E-state index in [9.17, 15) is 4.39 Å². The molecule has 2 aromatic rings. The van der Waals surface area contributed by atoms with Crippen LogP contribution < -0.4 is 0 Å². The molecule has 2 nitrogen and oxygen atoms in total. The van der Waals surface area contributed by atoms with Crippen LogP contribution >= 0.6 is 34.2 Å². The molecule has 1 atom stereocenters. The number of rotatable bonds is 3. The van der Waals surface area contributed by atoms with Gasteiger partial charge in [0, 0.05) is 24.4 Å². The van der Waals surface area contributed by atoms with Crippen LogP contribution in [0.25, 0.3) is 11.0 Å². The Kier molecular flexibility index (Phi) is 4.21. The van der Waals surface area contributed by atoms with Crippen LogP contribution in [0.1, 0.15) is 45.0 Å². The van der Waals surface area contributed by atoms with Gasteiger partial charge in [0.05, 0.1) is 14.6 Å². The normalized spacial score (nSPS) is 21.3. The highest BCUT2D eigenvalue weighted by molar-refractivity contribution is 14.1. The number of benzene rings is 1. The van der Waals surface area contributed by atoms with Gasteiger partial charge in [0.1, 0.15) is 11.6 Å². The van der Waals surface area contributed by atoms with Crippen molar-refractivity contribution >= 4 is 45.2 Å². The smallest absolute Gasteiger partial charge is 0.138 e. The minimum Gasteiger partial charge on any atom is -0.325 e. The molecule has 1 heterocycles.